The molecule has 5 rings (SSSR count). The predicted molar refractivity (Wildman–Crippen MR) is 151 cm³/mol. The highest BCUT2D eigenvalue weighted by Gasteiger charge is 2.32. The summed E-state index contributed by atoms with van der Waals surface area (Å²) in [5.41, 5.74) is 2.62. The van der Waals surface area contributed by atoms with Crippen LogP contribution in [0.1, 0.15) is 68.4 Å². The molecule has 2 aromatic carbocycles. The van der Waals surface area contributed by atoms with Gasteiger partial charge >= 0.3 is 0 Å². The van der Waals surface area contributed by atoms with Gasteiger partial charge in [0.05, 0.1) is 25.8 Å². The van der Waals surface area contributed by atoms with Crippen LogP contribution >= 0.6 is 0 Å². The number of pyridine rings is 1. The van der Waals surface area contributed by atoms with Gasteiger partial charge in [-0.2, -0.15) is 0 Å². The van der Waals surface area contributed by atoms with Crippen molar-refractivity contribution in [2.45, 2.75) is 77.0 Å². The summed E-state index contributed by atoms with van der Waals surface area (Å²) in [6.45, 7) is 3.41. The lowest BCUT2D eigenvalue weighted by Gasteiger charge is -2.39. The molecule has 2 heterocycles. The number of hydrogen-bond donors (Lipinski definition) is 1. The van der Waals surface area contributed by atoms with Gasteiger partial charge in [-0.25, -0.2) is 4.68 Å². The molecule has 9 heteroatoms. The molecule has 0 bridgehead atoms. The van der Waals surface area contributed by atoms with Crippen molar-refractivity contribution in [1.82, 2.24) is 30.1 Å². The molecule has 0 spiro atoms. The van der Waals surface area contributed by atoms with Crippen LogP contribution in [0.25, 0.3) is 10.9 Å². The number of aromatic nitrogens is 5. The third-order valence-corrected chi connectivity index (χ3v) is 7.92. The van der Waals surface area contributed by atoms with E-state index in [9.17, 15) is 4.79 Å². The van der Waals surface area contributed by atoms with E-state index in [1.807, 2.05) is 28.9 Å². The Labute approximate surface area is 229 Å². The molecule has 0 aliphatic heterocycles. The molecule has 1 aliphatic carbocycles. The summed E-state index contributed by atoms with van der Waals surface area (Å²) in [7, 11) is 3.21. The Morgan fingerprint density at radius 1 is 1.05 bits per heavy atom. The van der Waals surface area contributed by atoms with Gasteiger partial charge < -0.3 is 14.5 Å². The van der Waals surface area contributed by atoms with Crippen LogP contribution in [-0.2, 0) is 19.5 Å². The summed E-state index contributed by atoms with van der Waals surface area (Å²) in [6, 6.07) is 16.5. The summed E-state index contributed by atoms with van der Waals surface area (Å²) in [4.78, 5) is 18.9. The van der Waals surface area contributed by atoms with Crippen molar-refractivity contribution in [2.75, 3.05) is 14.2 Å². The molecular weight excluding hydrogens is 492 g/mol. The average Bonchev–Trinajstić information content (AvgIpc) is 3.44. The van der Waals surface area contributed by atoms with Gasteiger partial charge in [0, 0.05) is 36.1 Å². The van der Waals surface area contributed by atoms with Gasteiger partial charge in [0.1, 0.15) is 0 Å². The Balaban J connectivity index is 1.48. The maximum atomic E-state index is 13.3. The molecule has 1 atom stereocenters. The number of rotatable bonds is 11. The number of hydrogen-bond acceptors (Lipinski definition) is 7. The second-order valence-corrected chi connectivity index (χ2v) is 10.3. The zero-order valence-corrected chi connectivity index (χ0v) is 23.1. The number of fused-ring (bicyclic) bond motifs is 1. The van der Waals surface area contributed by atoms with Crippen LogP contribution in [-0.4, -0.2) is 50.4 Å². The molecule has 1 saturated carbocycles. The number of nitrogens with zero attached hydrogens (tertiary/aromatic N) is 5. The van der Waals surface area contributed by atoms with Gasteiger partial charge in [-0.3, -0.25) is 9.69 Å². The Kier molecular flexibility index (Phi) is 8.56. The largest absolute Gasteiger partial charge is 0.493 e. The van der Waals surface area contributed by atoms with Gasteiger partial charge in [-0.05, 0) is 53.8 Å². The van der Waals surface area contributed by atoms with E-state index < -0.39 is 0 Å². The van der Waals surface area contributed by atoms with Crippen LogP contribution < -0.4 is 15.0 Å². The van der Waals surface area contributed by atoms with Crippen LogP contribution in [0.2, 0.25) is 0 Å². The third-order valence-electron chi connectivity index (χ3n) is 7.92. The number of H-pyrrole nitrogens is 1. The second-order valence-electron chi connectivity index (χ2n) is 10.3. The van der Waals surface area contributed by atoms with E-state index in [0.29, 0.717) is 30.6 Å². The number of aryl methyl sites for hydroxylation is 2. The van der Waals surface area contributed by atoms with Crippen LogP contribution in [0.15, 0.2) is 53.3 Å². The van der Waals surface area contributed by atoms with Crippen molar-refractivity contribution in [3.05, 3.63) is 75.8 Å². The molecular formula is C30H38N6O3. The lowest BCUT2D eigenvalue weighted by Crippen LogP contribution is -2.41. The van der Waals surface area contributed by atoms with Crippen molar-refractivity contribution >= 4 is 10.9 Å². The first-order valence-corrected chi connectivity index (χ1v) is 13.9. The SMILES string of the molecule is CC[C@@H](c1nnnn1CCc1ccccc1)N(Cc1cc2cc(OC)c(OC)cc2[nH]c1=O)C1CCCCC1. The third kappa shape index (κ3) is 5.98. The number of tetrazole rings is 1. The Morgan fingerprint density at radius 2 is 1.79 bits per heavy atom. The average molecular weight is 531 g/mol. The van der Waals surface area contributed by atoms with Gasteiger partial charge in [-0.1, -0.05) is 56.5 Å². The molecule has 2 aromatic heterocycles. The normalized spacial score (nSPS) is 15.1. The minimum absolute atomic E-state index is 0.000580. The molecule has 1 aliphatic rings. The maximum absolute atomic E-state index is 13.3. The molecule has 0 saturated heterocycles. The summed E-state index contributed by atoms with van der Waals surface area (Å²) < 4.78 is 12.9. The molecule has 206 valence electrons. The molecule has 1 fully saturated rings. The van der Waals surface area contributed by atoms with Crippen LogP contribution in [0.4, 0.5) is 0 Å². The minimum atomic E-state index is -0.0888. The van der Waals surface area contributed by atoms with Gasteiger partial charge in [0.25, 0.3) is 5.56 Å². The van der Waals surface area contributed by atoms with E-state index in [0.717, 1.165) is 48.0 Å². The first kappa shape index (κ1) is 26.9. The topological polar surface area (TPSA) is 98.2 Å². The minimum Gasteiger partial charge on any atom is -0.493 e. The van der Waals surface area contributed by atoms with E-state index >= 15 is 0 Å². The number of aromatic amines is 1. The molecule has 4 aromatic rings. The Morgan fingerprint density at radius 3 is 2.51 bits per heavy atom. The van der Waals surface area contributed by atoms with Crippen molar-refractivity contribution in [3.8, 4) is 11.5 Å². The Bertz CT molecular complexity index is 1430. The maximum Gasteiger partial charge on any atom is 0.252 e. The highest BCUT2D eigenvalue weighted by Crippen LogP contribution is 2.34. The van der Waals surface area contributed by atoms with Crippen LogP contribution in [0.5, 0.6) is 11.5 Å². The molecule has 9 nitrogen and oxygen atoms in total. The summed E-state index contributed by atoms with van der Waals surface area (Å²) in [5, 5.41) is 13.9. The van der Waals surface area contributed by atoms with E-state index in [4.69, 9.17) is 9.47 Å². The van der Waals surface area contributed by atoms with E-state index in [2.05, 4.69) is 56.6 Å². The van der Waals surface area contributed by atoms with E-state index in [1.165, 1.54) is 24.8 Å². The zero-order chi connectivity index (χ0) is 27.2. The fourth-order valence-corrected chi connectivity index (χ4v) is 5.85. The molecule has 39 heavy (non-hydrogen) atoms. The van der Waals surface area contributed by atoms with Crippen molar-refractivity contribution in [3.63, 3.8) is 0 Å². The molecule has 0 unspecified atom stereocenters. The van der Waals surface area contributed by atoms with Crippen molar-refractivity contribution < 1.29 is 9.47 Å². The van der Waals surface area contributed by atoms with Gasteiger partial charge in [0.2, 0.25) is 0 Å². The number of ether oxygens (including phenoxy) is 2. The summed E-state index contributed by atoms with van der Waals surface area (Å²) in [6.07, 6.45) is 7.57. The van der Waals surface area contributed by atoms with E-state index in [-0.39, 0.29) is 11.6 Å². The standard InChI is InChI=1S/C30H38N6O3/c1-4-26(29-32-33-34-36(29)16-15-21-11-7-5-8-12-21)35(24-13-9-6-10-14-24)20-23-17-22-18-27(38-2)28(39-3)19-25(22)31-30(23)37/h5,7-8,11-12,17-19,24,26H,4,6,9-10,13-16,20H2,1-3H3,(H,31,37)/t26-/m0/s1. The zero-order valence-electron chi connectivity index (χ0n) is 23.1. The number of benzene rings is 2. The Hall–Kier alpha value is -3.72. The van der Waals surface area contributed by atoms with E-state index in [1.54, 1.807) is 14.2 Å². The summed E-state index contributed by atoms with van der Waals surface area (Å²) >= 11 is 0. The molecule has 0 amide bonds. The van der Waals surface area contributed by atoms with Gasteiger partial charge in [-0.15, -0.1) is 5.10 Å². The number of nitrogens with one attached hydrogen (secondary N) is 1. The second kappa shape index (κ2) is 12.4. The van der Waals surface area contributed by atoms with Crippen LogP contribution in [0.3, 0.4) is 0 Å². The summed E-state index contributed by atoms with van der Waals surface area (Å²) in [5.74, 6) is 2.09. The predicted octanol–water partition coefficient (Wildman–Crippen LogP) is 5.06. The monoisotopic (exact) mass is 530 g/mol. The lowest BCUT2D eigenvalue weighted by molar-refractivity contribution is 0.0841. The fraction of sp³-hybridized carbons (Fsp3) is 0.467. The first-order chi connectivity index (χ1) is 19.1. The fourth-order valence-electron chi connectivity index (χ4n) is 5.85. The van der Waals surface area contributed by atoms with Gasteiger partial charge in [0.15, 0.2) is 17.3 Å². The smallest absolute Gasteiger partial charge is 0.252 e. The highest BCUT2D eigenvalue weighted by molar-refractivity contribution is 5.83. The number of methoxy groups -OCH3 is 2. The quantitative estimate of drug-likeness (QED) is 0.289. The van der Waals surface area contributed by atoms with Crippen LogP contribution in [0, 0.1) is 0 Å². The highest BCUT2D eigenvalue weighted by atomic mass is 16.5. The molecule has 0 radical (unpaired) electrons. The van der Waals surface area contributed by atoms with Crippen molar-refractivity contribution in [2.24, 2.45) is 0 Å². The molecule has 1 N–H and O–H groups in total. The first-order valence-electron chi connectivity index (χ1n) is 13.9. The van der Waals surface area contributed by atoms with Crippen molar-refractivity contribution in [1.29, 1.82) is 0 Å². The lowest BCUT2D eigenvalue weighted by atomic mass is 9.92.